The van der Waals surface area contributed by atoms with Gasteiger partial charge in [0.2, 0.25) is 0 Å². The van der Waals surface area contributed by atoms with Gasteiger partial charge < -0.3 is 5.11 Å². The summed E-state index contributed by atoms with van der Waals surface area (Å²) in [6.07, 6.45) is -4.55. The first-order valence-electron chi connectivity index (χ1n) is 5.67. The summed E-state index contributed by atoms with van der Waals surface area (Å²) in [5.41, 5.74) is 0. The summed E-state index contributed by atoms with van der Waals surface area (Å²) in [4.78, 5) is 12.3. The standard InChI is InChI=1S/C11H20F3NO2/c1-8(2)15(7-10(16)17)9(3)5-4-6-11(12,13)14/h8-9H,4-7H2,1-3H3,(H,16,17). The maximum atomic E-state index is 12.0. The van der Waals surface area contributed by atoms with E-state index in [0.717, 1.165) is 0 Å². The SMILES string of the molecule is CC(C)N(CC(=O)O)C(C)CCCC(F)(F)F. The Kier molecular flexibility index (Phi) is 6.52. The molecule has 1 atom stereocenters. The van der Waals surface area contributed by atoms with E-state index in [9.17, 15) is 18.0 Å². The van der Waals surface area contributed by atoms with E-state index in [2.05, 4.69) is 0 Å². The molecule has 0 aromatic carbocycles. The number of alkyl halides is 3. The Labute approximate surface area is 99.6 Å². The van der Waals surface area contributed by atoms with Crippen molar-refractivity contribution in [2.24, 2.45) is 0 Å². The predicted molar refractivity (Wildman–Crippen MR) is 58.8 cm³/mol. The fraction of sp³-hybridized carbons (Fsp3) is 0.909. The molecule has 0 aliphatic heterocycles. The average Bonchev–Trinajstić information content (AvgIpc) is 2.11. The molecule has 0 radical (unpaired) electrons. The molecule has 0 heterocycles. The van der Waals surface area contributed by atoms with Crippen molar-refractivity contribution in [2.75, 3.05) is 6.54 Å². The Morgan fingerprint density at radius 1 is 1.29 bits per heavy atom. The number of rotatable bonds is 7. The van der Waals surface area contributed by atoms with Crippen LogP contribution in [-0.2, 0) is 4.79 Å². The second-order valence-corrected chi connectivity index (χ2v) is 4.52. The maximum absolute atomic E-state index is 12.0. The van der Waals surface area contributed by atoms with Gasteiger partial charge in [-0.3, -0.25) is 9.69 Å². The largest absolute Gasteiger partial charge is 0.480 e. The van der Waals surface area contributed by atoms with Crippen LogP contribution in [0.4, 0.5) is 13.2 Å². The van der Waals surface area contributed by atoms with Crippen molar-refractivity contribution in [3.8, 4) is 0 Å². The van der Waals surface area contributed by atoms with Gasteiger partial charge in [-0.05, 0) is 33.6 Å². The highest BCUT2D eigenvalue weighted by Crippen LogP contribution is 2.23. The molecule has 0 saturated heterocycles. The topological polar surface area (TPSA) is 40.5 Å². The zero-order valence-corrected chi connectivity index (χ0v) is 10.4. The van der Waals surface area contributed by atoms with Gasteiger partial charge in [-0.2, -0.15) is 13.2 Å². The van der Waals surface area contributed by atoms with Crippen molar-refractivity contribution in [3.05, 3.63) is 0 Å². The third-order valence-corrected chi connectivity index (χ3v) is 2.63. The van der Waals surface area contributed by atoms with Crippen molar-refractivity contribution in [1.29, 1.82) is 0 Å². The van der Waals surface area contributed by atoms with Crippen molar-refractivity contribution >= 4 is 5.97 Å². The monoisotopic (exact) mass is 255 g/mol. The summed E-state index contributed by atoms with van der Waals surface area (Å²) in [6, 6.07) is -0.152. The number of aliphatic carboxylic acids is 1. The van der Waals surface area contributed by atoms with Gasteiger partial charge in [-0.1, -0.05) is 0 Å². The Balaban J connectivity index is 4.15. The minimum Gasteiger partial charge on any atom is -0.480 e. The highest BCUT2D eigenvalue weighted by Gasteiger charge is 2.27. The molecule has 0 aromatic heterocycles. The van der Waals surface area contributed by atoms with E-state index >= 15 is 0 Å². The predicted octanol–water partition coefficient (Wildman–Crippen LogP) is 2.90. The highest BCUT2D eigenvalue weighted by atomic mass is 19.4. The lowest BCUT2D eigenvalue weighted by molar-refractivity contribution is -0.141. The average molecular weight is 255 g/mol. The number of hydrogen-bond acceptors (Lipinski definition) is 2. The zero-order chi connectivity index (χ0) is 13.6. The first-order chi connectivity index (χ1) is 7.63. The van der Waals surface area contributed by atoms with Gasteiger partial charge in [-0.15, -0.1) is 0 Å². The third kappa shape index (κ3) is 8.01. The van der Waals surface area contributed by atoms with Gasteiger partial charge in [0.15, 0.2) is 0 Å². The molecule has 0 aliphatic carbocycles. The maximum Gasteiger partial charge on any atom is 0.389 e. The molecule has 0 bridgehead atoms. The third-order valence-electron chi connectivity index (χ3n) is 2.63. The van der Waals surface area contributed by atoms with Crippen LogP contribution < -0.4 is 0 Å². The number of carboxylic acids is 1. The summed E-state index contributed by atoms with van der Waals surface area (Å²) in [5, 5.41) is 8.71. The van der Waals surface area contributed by atoms with E-state index in [-0.39, 0.29) is 25.0 Å². The number of hydrogen-bond donors (Lipinski definition) is 1. The molecule has 0 rings (SSSR count). The van der Waals surface area contributed by atoms with Crippen LogP contribution in [0.15, 0.2) is 0 Å². The number of carboxylic acid groups (broad SMARTS) is 1. The van der Waals surface area contributed by atoms with Crippen molar-refractivity contribution in [3.63, 3.8) is 0 Å². The van der Waals surface area contributed by atoms with E-state index in [1.807, 2.05) is 13.8 Å². The molecule has 0 amide bonds. The molecular formula is C11H20F3NO2. The summed E-state index contributed by atoms with van der Waals surface area (Å²) in [6.45, 7) is 5.30. The van der Waals surface area contributed by atoms with Gasteiger partial charge in [0, 0.05) is 18.5 Å². The lowest BCUT2D eigenvalue weighted by Crippen LogP contribution is -2.42. The highest BCUT2D eigenvalue weighted by molar-refractivity contribution is 5.69. The van der Waals surface area contributed by atoms with Crippen LogP contribution >= 0.6 is 0 Å². The molecule has 0 spiro atoms. The molecule has 17 heavy (non-hydrogen) atoms. The molecule has 1 unspecified atom stereocenters. The van der Waals surface area contributed by atoms with E-state index in [0.29, 0.717) is 6.42 Å². The van der Waals surface area contributed by atoms with E-state index in [1.54, 1.807) is 11.8 Å². The first kappa shape index (κ1) is 16.2. The smallest absolute Gasteiger partial charge is 0.389 e. The second kappa shape index (κ2) is 6.83. The first-order valence-corrected chi connectivity index (χ1v) is 5.67. The van der Waals surface area contributed by atoms with Crippen LogP contribution in [0.25, 0.3) is 0 Å². The number of carbonyl (C=O) groups is 1. The summed E-state index contributed by atoms with van der Waals surface area (Å²) < 4.78 is 35.9. The minimum absolute atomic E-state index is 0.00647. The lowest BCUT2D eigenvalue weighted by Gasteiger charge is -2.31. The molecule has 0 aliphatic rings. The van der Waals surface area contributed by atoms with Crippen molar-refractivity contribution in [1.82, 2.24) is 4.90 Å². The molecule has 0 aromatic rings. The van der Waals surface area contributed by atoms with Gasteiger partial charge in [0.1, 0.15) is 0 Å². The molecule has 6 heteroatoms. The Morgan fingerprint density at radius 3 is 2.18 bits per heavy atom. The van der Waals surface area contributed by atoms with E-state index in [4.69, 9.17) is 5.11 Å². The fourth-order valence-corrected chi connectivity index (χ4v) is 1.77. The van der Waals surface area contributed by atoms with E-state index in [1.165, 1.54) is 0 Å². The fourth-order valence-electron chi connectivity index (χ4n) is 1.77. The quantitative estimate of drug-likeness (QED) is 0.760. The van der Waals surface area contributed by atoms with Crippen LogP contribution in [0.1, 0.15) is 40.0 Å². The summed E-state index contributed by atoms with van der Waals surface area (Å²) >= 11 is 0. The molecular weight excluding hydrogens is 235 g/mol. The van der Waals surface area contributed by atoms with Crippen LogP contribution in [0.5, 0.6) is 0 Å². The van der Waals surface area contributed by atoms with Crippen LogP contribution in [0, 0.1) is 0 Å². The molecule has 1 N–H and O–H groups in total. The Morgan fingerprint density at radius 2 is 1.82 bits per heavy atom. The normalized spacial score (nSPS) is 14.4. The summed E-state index contributed by atoms with van der Waals surface area (Å²) in [5.74, 6) is -0.957. The van der Waals surface area contributed by atoms with Gasteiger partial charge in [0.25, 0.3) is 0 Å². The number of nitrogens with zero attached hydrogens (tertiary/aromatic N) is 1. The van der Waals surface area contributed by atoms with Gasteiger partial charge >= 0.3 is 12.1 Å². The molecule has 3 nitrogen and oxygen atoms in total. The van der Waals surface area contributed by atoms with Gasteiger partial charge in [-0.25, -0.2) is 0 Å². The summed E-state index contributed by atoms with van der Waals surface area (Å²) in [7, 11) is 0. The van der Waals surface area contributed by atoms with Gasteiger partial charge in [0.05, 0.1) is 6.54 Å². The van der Waals surface area contributed by atoms with Crippen LogP contribution in [0.3, 0.4) is 0 Å². The van der Waals surface area contributed by atoms with Crippen LogP contribution in [0.2, 0.25) is 0 Å². The molecule has 0 fully saturated rings. The van der Waals surface area contributed by atoms with Crippen molar-refractivity contribution < 1.29 is 23.1 Å². The van der Waals surface area contributed by atoms with Crippen molar-refractivity contribution in [2.45, 2.75) is 58.3 Å². The lowest BCUT2D eigenvalue weighted by atomic mass is 10.1. The molecule has 0 saturated carbocycles. The minimum atomic E-state index is -4.13. The second-order valence-electron chi connectivity index (χ2n) is 4.52. The molecule has 102 valence electrons. The van der Waals surface area contributed by atoms with E-state index < -0.39 is 18.6 Å². The number of halogens is 3. The zero-order valence-electron chi connectivity index (χ0n) is 10.4. The van der Waals surface area contributed by atoms with Crippen LogP contribution in [-0.4, -0.2) is 40.8 Å². The Bertz CT molecular complexity index is 241. The Hall–Kier alpha value is -0.780.